The Hall–Kier alpha value is -1.55. The molecule has 1 aromatic rings. The minimum Gasteiger partial charge on any atom is -0.490 e. The molecule has 0 unspecified atom stereocenters. The van der Waals surface area contributed by atoms with Gasteiger partial charge in [-0.05, 0) is 31.9 Å². The van der Waals surface area contributed by atoms with Gasteiger partial charge in [-0.25, -0.2) is 0 Å². The molecular formula is C19H28N2O2. The number of benzene rings is 1. The van der Waals surface area contributed by atoms with Crippen molar-refractivity contribution < 1.29 is 9.53 Å². The maximum atomic E-state index is 12.7. The fourth-order valence-corrected chi connectivity index (χ4v) is 3.70. The summed E-state index contributed by atoms with van der Waals surface area (Å²) in [6, 6.07) is 8.16. The lowest BCUT2D eigenvalue weighted by Gasteiger charge is -2.40. The Bertz CT molecular complexity index is 527. The third-order valence-electron chi connectivity index (χ3n) is 5.22. The molecule has 2 fully saturated rings. The van der Waals surface area contributed by atoms with E-state index in [4.69, 9.17) is 10.5 Å². The molecule has 4 nitrogen and oxygen atoms in total. The summed E-state index contributed by atoms with van der Waals surface area (Å²) in [5.74, 6) is 1.08. The highest BCUT2D eigenvalue weighted by Crippen LogP contribution is 2.29. The Morgan fingerprint density at radius 1 is 1.13 bits per heavy atom. The molecule has 1 aliphatic carbocycles. The van der Waals surface area contributed by atoms with Gasteiger partial charge in [0.2, 0.25) is 5.91 Å². The number of amides is 1. The van der Waals surface area contributed by atoms with Gasteiger partial charge in [-0.1, -0.05) is 37.0 Å². The van der Waals surface area contributed by atoms with E-state index in [2.05, 4.69) is 19.1 Å². The predicted molar refractivity (Wildman–Crippen MR) is 91.4 cm³/mol. The van der Waals surface area contributed by atoms with Gasteiger partial charge in [-0.15, -0.1) is 0 Å². The van der Waals surface area contributed by atoms with Crippen LogP contribution in [0.25, 0.3) is 0 Å². The summed E-state index contributed by atoms with van der Waals surface area (Å²) in [7, 11) is 0. The number of ether oxygens (including phenoxy) is 1. The summed E-state index contributed by atoms with van der Waals surface area (Å²) < 4.78 is 6.04. The first-order chi connectivity index (χ1) is 11.1. The van der Waals surface area contributed by atoms with Gasteiger partial charge in [-0.2, -0.15) is 0 Å². The maximum Gasteiger partial charge on any atom is 0.242 e. The number of piperidine rings is 1. The van der Waals surface area contributed by atoms with E-state index < -0.39 is 5.54 Å². The molecule has 23 heavy (non-hydrogen) atoms. The molecule has 0 atom stereocenters. The van der Waals surface area contributed by atoms with E-state index in [-0.39, 0.29) is 12.0 Å². The van der Waals surface area contributed by atoms with Crippen molar-refractivity contribution in [2.45, 2.75) is 63.5 Å². The van der Waals surface area contributed by atoms with Gasteiger partial charge >= 0.3 is 0 Å². The highest BCUT2D eigenvalue weighted by atomic mass is 16.5. The summed E-state index contributed by atoms with van der Waals surface area (Å²) in [5.41, 5.74) is 7.01. The molecule has 1 saturated heterocycles. The third-order valence-corrected chi connectivity index (χ3v) is 5.22. The Balaban J connectivity index is 1.51. The molecule has 1 aliphatic heterocycles. The molecule has 1 amide bonds. The predicted octanol–water partition coefficient (Wildman–Crippen LogP) is 3.03. The van der Waals surface area contributed by atoms with Crippen LogP contribution in [0.2, 0.25) is 0 Å². The van der Waals surface area contributed by atoms with Crippen molar-refractivity contribution in [2.75, 3.05) is 13.1 Å². The van der Waals surface area contributed by atoms with Crippen LogP contribution < -0.4 is 10.5 Å². The molecule has 1 heterocycles. The molecule has 126 valence electrons. The van der Waals surface area contributed by atoms with Gasteiger partial charge in [0.15, 0.2) is 0 Å². The van der Waals surface area contributed by atoms with Gasteiger partial charge in [0, 0.05) is 25.9 Å². The van der Waals surface area contributed by atoms with Gasteiger partial charge in [0.25, 0.3) is 0 Å². The minimum absolute atomic E-state index is 0.158. The molecule has 2 N–H and O–H groups in total. The van der Waals surface area contributed by atoms with Crippen molar-refractivity contribution in [2.24, 2.45) is 5.73 Å². The van der Waals surface area contributed by atoms with E-state index in [1.807, 2.05) is 17.0 Å². The van der Waals surface area contributed by atoms with Crippen LogP contribution in [0.1, 0.15) is 50.5 Å². The summed E-state index contributed by atoms with van der Waals surface area (Å²) in [5, 5.41) is 0. The van der Waals surface area contributed by atoms with Gasteiger partial charge in [-0.3, -0.25) is 4.79 Å². The number of nitrogens with two attached hydrogens (primary N) is 1. The zero-order valence-corrected chi connectivity index (χ0v) is 14.1. The second-order valence-corrected chi connectivity index (χ2v) is 7.14. The summed E-state index contributed by atoms with van der Waals surface area (Å²) in [4.78, 5) is 14.7. The van der Waals surface area contributed by atoms with E-state index in [1.165, 1.54) is 12.0 Å². The van der Waals surface area contributed by atoms with Crippen molar-refractivity contribution in [1.29, 1.82) is 0 Å². The molecule has 0 radical (unpaired) electrons. The average molecular weight is 316 g/mol. The Morgan fingerprint density at radius 2 is 1.74 bits per heavy atom. The van der Waals surface area contributed by atoms with Crippen LogP contribution in [0.3, 0.4) is 0 Å². The van der Waals surface area contributed by atoms with E-state index in [9.17, 15) is 4.79 Å². The Labute approximate surface area is 139 Å². The van der Waals surface area contributed by atoms with Crippen LogP contribution in [0.5, 0.6) is 5.75 Å². The summed E-state index contributed by atoms with van der Waals surface area (Å²) in [6.45, 7) is 3.59. The molecule has 1 saturated carbocycles. The SMILES string of the molecule is Cc1ccc(OC2CCN(C(=O)C3(N)CCCCC3)CC2)cc1. The lowest BCUT2D eigenvalue weighted by molar-refractivity contribution is -0.140. The zero-order chi connectivity index (χ0) is 16.3. The van der Waals surface area contributed by atoms with Gasteiger partial charge in [0.05, 0.1) is 5.54 Å². The van der Waals surface area contributed by atoms with E-state index in [0.29, 0.717) is 0 Å². The molecular weight excluding hydrogens is 288 g/mol. The van der Waals surface area contributed by atoms with Crippen LogP contribution in [0, 0.1) is 6.92 Å². The van der Waals surface area contributed by atoms with Crippen molar-refractivity contribution in [3.8, 4) is 5.75 Å². The Morgan fingerprint density at radius 3 is 2.35 bits per heavy atom. The van der Waals surface area contributed by atoms with Crippen LogP contribution in [0.4, 0.5) is 0 Å². The van der Waals surface area contributed by atoms with Gasteiger partial charge < -0.3 is 15.4 Å². The van der Waals surface area contributed by atoms with Crippen LogP contribution in [-0.4, -0.2) is 35.5 Å². The standard InChI is InChI=1S/C19H28N2O2/c1-15-5-7-16(8-6-15)23-17-9-13-21(14-10-17)18(22)19(20)11-3-2-4-12-19/h5-8,17H,2-4,9-14,20H2,1H3. The fraction of sp³-hybridized carbons (Fsp3) is 0.632. The van der Waals surface area contributed by atoms with E-state index >= 15 is 0 Å². The molecule has 4 heteroatoms. The number of hydrogen-bond donors (Lipinski definition) is 1. The highest BCUT2D eigenvalue weighted by molar-refractivity contribution is 5.86. The van der Waals surface area contributed by atoms with E-state index in [1.54, 1.807) is 0 Å². The lowest BCUT2D eigenvalue weighted by Crippen LogP contribution is -2.58. The average Bonchev–Trinajstić information content (AvgIpc) is 2.58. The second kappa shape index (κ2) is 6.91. The molecule has 1 aromatic carbocycles. The lowest BCUT2D eigenvalue weighted by atomic mass is 9.81. The van der Waals surface area contributed by atoms with Crippen molar-refractivity contribution in [3.05, 3.63) is 29.8 Å². The molecule has 0 spiro atoms. The number of carbonyl (C=O) groups excluding carboxylic acids is 1. The largest absolute Gasteiger partial charge is 0.490 e. The zero-order valence-electron chi connectivity index (χ0n) is 14.1. The number of rotatable bonds is 3. The molecule has 0 aromatic heterocycles. The van der Waals surface area contributed by atoms with Crippen LogP contribution in [0.15, 0.2) is 24.3 Å². The molecule has 0 bridgehead atoms. The monoisotopic (exact) mass is 316 g/mol. The Kier molecular flexibility index (Phi) is 4.90. The topological polar surface area (TPSA) is 55.6 Å². The normalized spacial score (nSPS) is 21.9. The highest BCUT2D eigenvalue weighted by Gasteiger charge is 2.39. The van der Waals surface area contributed by atoms with Crippen molar-refractivity contribution in [3.63, 3.8) is 0 Å². The fourth-order valence-electron chi connectivity index (χ4n) is 3.70. The van der Waals surface area contributed by atoms with Crippen LogP contribution in [-0.2, 0) is 4.79 Å². The summed E-state index contributed by atoms with van der Waals surface area (Å²) in [6.07, 6.45) is 7.01. The number of carbonyl (C=O) groups is 1. The first-order valence-electron chi connectivity index (χ1n) is 8.88. The van der Waals surface area contributed by atoms with Crippen molar-refractivity contribution >= 4 is 5.91 Å². The third kappa shape index (κ3) is 3.86. The maximum absolute atomic E-state index is 12.7. The number of hydrogen-bond acceptors (Lipinski definition) is 3. The minimum atomic E-state index is -0.608. The first-order valence-corrected chi connectivity index (χ1v) is 8.88. The van der Waals surface area contributed by atoms with E-state index in [0.717, 1.165) is 57.4 Å². The molecule has 3 rings (SSSR count). The molecule has 2 aliphatic rings. The second-order valence-electron chi connectivity index (χ2n) is 7.14. The summed E-state index contributed by atoms with van der Waals surface area (Å²) >= 11 is 0. The quantitative estimate of drug-likeness (QED) is 0.932. The smallest absolute Gasteiger partial charge is 0.242 e. The number of likely N-dealkylation sites (tertiary alicyclic amines) is 1. The van der Waals surface area contributed by atoms with Crippen LogP contribution >= 0.6 is 0 Å². The number of aryl methyl sites for hydroxylation is 1. The van der Waals surface area contributed by atoms with Crippen molar-refractivity contribution in [1.82, 2.24) is 4.90 Å². The number of nitrogens with zero attached hydrogens (tertiary/aromatic N) is 1. The first kappa shape index (κ1) is 16.3. The van der Waals surface area contributed by atoms with Gasteiger partial charge in [0.1, 0.15) is 11.9 Å².